The van der Waals surface area contributed by atoms with Crippen molar-refractivity contribution in [2.24, 2.45) is 5.92 Å². The summed E-state index contributed by atoms with van der Waals surface area (Å²) in [5.41, 5.74) is -1.77. The van der Waals surface area contributed by atoms with Gasteiger partial charge in [-0.2, -0.15) is 8.42 Å². The van der Waals surface area contributed by atoms with Gasteiger partial charge < -0.3 is 15.5 Å². The quantitative estimate of drug-likeness (QED) is 0.439. The summed E-state index contributed by atoms with van der Waals surface area (Å²) in [6.07, 6.45) is 0.659. The molecule has 0 fully saturated rings. The van der Waals surface area contributed by atoms with Gasteiger partial charge in [-0.15, -0.1) is 0 Å². The molecule has 98 valence electrons. The zero-order valence-electron chi connectivity index (χ0n) is 9.63. The van der Waals surface area contributed by atoms with E-state index in [0.717, 1.165) is 6.42 Å². The summed E-state index contributed by atoms with van der Waals surface area (Å²) >= 11 is 0. The lowest BCUT2D eigenvalue weighted by Crippen LogP contribution is -2.36. The Morgan fingerprint density at radius 2 is 1.88 bits per heavy atom. The van der Waals surface area contributed by atoms with Crippen molar-refractivity contribution in [3.05, 3.63) is 0 Å². The Hall–Kier alpha value is -0.210. The summed E-state index contributed by atoms with van der Waals surface area (Å²) in [5.74, 6) is 0.413. The highest BCUT2D eigenvalue weighted by Gasteiger charge is 2.19. The molecule has 0 aliphatic rings. The van der Waals surface area contributed by atoms with Gasteiger partial charge in [-0.1, -0.05) is 13.8 Å². The van der Waals surface area contributed by atoms with Crippen LogP contribution in [0.25, 0.3) is 0 Å². The molecule has 0 bridgehead atoms. The largest absolute Gasteiger partial charge is 0.395 e. The summed E-state index contributed by atoms with van der Waals surface area (Å²) in [7, 11) is -4.38. The second-order valence-electron chi connectivity index (χ2n) is 4.22. The first-order valence-electron chi connectivity index (χ1n) is 5.26. The molecule has 0 aromatic heterocycles. The summed E-state index contributed by atoms with van der Waals surface area (Å²) in [6.45, 7) is 4.20. The number of hydrogen-bond acceptors (Lipinski definition) is 5. The molecule has 2 unspecified atom stereocenters. The summed E-state index contributed by atoms with van der Waals surface area (Å²) < 4.78 is 29.5. The zero-order chi connectivity index (χ0) is 12.8. The fourth-order valence-corrected chi connectivity index (χ4v) is 1.77. The smallest absolute Gasteiger partial charge is 0.292 e. The first kappa shape index (κ1) is 15.8. The van der Waals surface area contributed by atoms with Crippen LogP contribution >= 0.6 is 0 Å². The summed E-state index contributed by atoms with van der Waals surface area (Å²) in [5, 5.41) is 20.9. The lowest BCUT2D eigenvalue weighted by Gasteiger charge is -2.18. The van der Waals surface area contributed by atoms with E-state index in [2.05, 4.69) is 5.32 Å². The number of aliphatic hydroxyl groups is 2. The third-order valence-electron chi connectivity index (χ3n) is 2.14. The van der Waals surface area contributed by atoms with Crippen LogP contribution in [0.15, 0.2) is 0 Å². The average molecular weight is 255 g/mol. The van der Waals surface area contributed by atoms with E-state index in [-0.39, 0.29) is 25.6 Å². The molecule has 0 aliphatic heterocycles. The molecule has 0 amide bonds. The van der Waals surface area contributed by atoms with E-state index < -0.39 is 15.6 Å². The van der Waals surface area contributed by atoms with Crippen molar-refractivity contribution < 1.29 is 23.2 Å². The Kier molecular flexibility index (Phi) is 7.09. The van der Waals surface area contributed by atoms with Crippen molar-refractivity contribution in [1.82, 2.24) is 5.32 Å². The van der Waals surface area contributed by atoms with Crippen molar-refractivity contribution in [3.63, 3.8) is 0 Å². The minimum atomic E-state index is -4.38. The Balaban J connectivity index is 3.87. The summed E-state index contributed by atoms with van der Waals surface area (Å²) in [4.78, 5) is 0. The number of aliphatic hydroxyl groups excluding tert-OH is 2. The fourth-order valence-electron chi connectivity index (χ4n) is 1.35. The van der Waals surface area contributed by atoms with Crippen LogP contribution in [-0.2, 0) is 10.1 Å². The molecule has 0 heterocycles. The Morgan fingerprint density at radius 3 is 2.25 bits per heavy atom. The predicted molar refractivity (Wildman–Crippen MR) is 60.5 cm³/mol. The van der Waals surface area contributed by atoms with Gasteiger partial charge in [0.2, 0.25) is 0 Å². The van der Waals surface area contributed by atoms with Crippen LogP contribution in [0.1, 0.15) is 26.7 Å². The molecule has 0 rings (SSSR count). The minimum absolute atomic E-state index is 0.0415. The molecule has 2 atom stereocenters. The fraction of sp³-hybridized carbons (Fsp3) is 1.00. The molecule has 16 heavy (non-hydrogen) atoms. The third kappa shape index (κ3) is 7.13. The highest BCUT2D eigenvalue weighted by molar-refractivity contribution is 7.86. The molecule has 0 aliphatic carbocycles. The lowest BCUT2D eigenvalue weighted by molar-refractivity contribution is 0.202. The molecule has 0 saturated heterocycles. The maximum atomic E-state index is 10.5. The van der Waals surface area contributed by atoms with E-state index >= 15 is 0 Å². The maximum absolute atomic E-state index is 10.5. The van der Waals surface area contributed by atoms with Gasteiger partial charge in [-0.3, -0.25) is 4.55 Å². The second kappa shape index (κ2) is 7.18. The van der Waals surface area contributed by atoms with Gasteiger partial charge in [0.05, 0.1) is 6.61 Å². The van der Waals surface area contributed by atoms with Gasteiger partial charge in [-0.25, -0.2) is 0 Å². The van der Waals surface area contributed by atoms with Crippen molar-refractivity contribution in [2.75, 3.05) is 13.2 Å². The van der Waals surface area contributed by atoms with E-state index in [1.807, 2.05) is 13.8 Å². The Labute approximate surface area is 96.4 Å². The highest BCUT2D eigenvalue weighted by Crippen LogP contribution is 2.05. The number of hydrogen-bond donors (Lipinski definition) is 4. The third-order valence-corrected chi connectivity index (χ3v) is 3.07. The maximum Gasteiger partial charge on any atom is 0.292 e. The molecular formula is C9H21NO5S. The monoisotopic (exact) mass is 255 g/mol. The van der Waals surface area contributed by atoms with Crippen LogP contribution in [-0.4, -0.2) is 47.8 Å². The normalized spacial score (nSPS) is 16.4. The lowest BCUT2D eigenvalue weighted by atomic mass is 10.0. The standard InChI is InChI=1S/C9H21NO5S/c1-7(2)5-8(6-11)10-4-3-9(12)16(13,14)15/h7-12H,3-6H2,1-2H3,(H,13,14,15). The predicted octanol–water partition coefficient (Wildman–Crippen LogP) is -0.421. The molecule has 7 heteroatoms. The van der Waals surface area contributed by atoms with Crippen LogP contribution in [0.5, 0.6) is 0 Å². The van der Waals surface area contributed by atoms with Gasteiger partial charge in [0.25, 0.3) is 10.1 Å². The van der Waals surface area contributed by atoms with E-state index in [1.54, 1.807) is 0 Å². The first-order chi connectivity index (χ1) is 7.27. The molecule has 0 radical (unpaired) electrons. The molecular weight excluding hydrogens is 234 g/mol. The Bertz CT molecular complexity index is 278. The minimum Gasteiger partial charge on any atom is -0.395 e. The number of rotatable bonds is 8. The molecule has 0 spiro atoms. The first-order valence-corrected chi connectivity index (χ1v) is 6.76. The van der Waals surface area contributed by atoms with E-state index in [0.29, 0.717) is 5.92 Å². The van der Waals surface area contributed by atoms with Gasteiger partial charge >= 0.3 is 0 Å². The van der Waals surface area contributed by atoms with E-state index in [9.17, 15) is 8.42 Å². The average Bonchev–Trinajstić information content (AvgIpc) is 2.13. The van der Waals surface area contributed by atoms with E-state index in [4.69, 9.17) is 14.8 Å². The summed E-state index contributed by atoms with van der Waals surface area (Å²) in [6, 6.07) is -0.117. The van der Waals surface area contributed by atoms with Gasteiger partial charge in [0.15, 0.2) is 5.44 Å². The zero-order valence-corrected chi connectivity index (χ0v) is 10.4. The van der Waals surface area contributed by atoms with Crippen LogP contribution in [0.2, 0.25) is 0 Å². The molecule has 0 aromatic carbocycles. The van der Waals surface area contributed by atoms with Crippen LogP contribution in [0, 0.1) is 5.92 Å². The van der Waals surface area contributed by atoms with E-state index in [1.165, 1.54) is 0 Å². The molecule has 4 N–H and O–H groups in total. The van der Waals surface area contributed by atoms with Crippen LogP contribution in [0.4, 0.5) is 0 Å². The highest BCUT2D eigenvalue weighted by atomic mass is 32.2. The van der Waals surface area contributed by atoms with Gasteiger partial charge in [-0.05, 0) is 18.9 Å². The van der Waals surface area contributed by atoms with Crippen LogP contribution in [0.3, 0.4) is 0 Å². The second-order valence-corrected chi connectivity index (χ2v) is 5.80. The van der Waals surface area contributed by atoms with Crippen molar-refractivity contribution >= 4 is 10.1 Å². The van der Waals surface area contributed by atoms with Crippen molar-refractivity contribution in [2.45, 2.75) is 38.2 Å². The number of nitrogens with one attached hydrogen (secondary N) is 1. The SMILES string of the molecule is CC(C)CC(CO)NCCC(O)S(=O)(=O)O. The Morgan fingerprint density at radius 1 is 1.31 bits per heavy atom. The van der Waals surface area contributed by atoms with Gasteiger partial charge in [0, 0.05) is 12.5 Å². The van der Waals surface area contributed by atoms with Crippen LogP contribution < -0.4 is 5.32 Å². The molecule has 0 saturated carbocycles. The topological polar surface area (TPSA) is 107 Å². The molecule has 6 nitrogen and oxygen atoms in total. The van der Waals surface area contributed by atoms with Gasteiger partial charge in [0.1, 0.15) is 0 Å². The van der Waals surface area contributed by atoms with Crippen molar-refractivity contribution in [3.8, 4) is 0 Å². The van der Waals surface area contributed by atoms with Crippen molar-refractivity contribution in [1.29, 1.82) is 0 Å². The molecule has 0 aromatic rings.